The lowest BCUT2D eigenvalue weighted by atomic mass is 10.1. The van der Waals surface area contributed by atoms with Gasteiger partial charge >= 0.3 is 0 Å². The van der Waals surface area contributed by atoms with Gasteiger partial charge in [0.1, 0.15) is 0 Å². The van der Waals surface area contributed by atoms with Crippen molar-refractivity contribution in [3.63, 3.8) is 0 Å². The molecule has 0 aliphatic rings. The summed E-state index contributed by atoms with van der Waals surface area (Å²) in [5.74, 6) is 0.832. The molecule has 3 rings (SSSR count). The summed E-state index contributed by atoms with van der Waals surface area (Å²) in [6.45, 7) is 2.09. The van der Waals surface area contributed by atoms with Crippen molar-refractivity contribution < 1.29 is 4.79 Å². The molecule has 0 unspecified atom stereocenters. The van der Waals surface area contributed by atoms with Gasteiger partial charge in [0.15, 0.2) is 0 Å². The second-order valence-electron chi connectivity index (χ2n) is 5.33. The van der Waals surface area contributed by atoms with E-state index in [1.54, 1.807) is 23.1 Å². The molecule has 3 aromatic rings. The molecular formula is C20H19NOS2. The van der Waals surface area contributed by atoms with E-state index in [2.05, 4.69) is 29.8 Å². The monoisotopic (exact) mass is 353 g/mol. The van der Waals surface area contributed by atoms with Gasteiger partial charge in [-0.25, -0.2) is 0 Å². The summed E-state index contributed by atoms with van der Waals surface area (Å²) in [6.07, 6.45) is 0.894. The van der Waals surface area contributed by atoms with E-state index in [-0.39, 0.29) is 5.91 Å². The number of benzene rings is 2. The molecule has 1 N–H and O–H groups in total. The van der Waals surface area contributed by atoms with Gasteiger partial charge in [0.25, 0.3) is 5.91 Å². The van der Waals surface area contributed by atoms with E-state index in [1.165, 1.54) is 4.88 Å². The van der Waals surface area contributed by atoms with E-state index in [0.717, 1.165) is 33.9 Å². The smallest absolute Gasteiger partial charge is 0.256 e. The average molecular weight is 354 g/mol. The number of hydrogen-bond acceptors (Lipinski definition) is 3. The fourth-order valence-electron chi connectivity index (χ4n) is 2.46. The van der Waals surface area contributed by atoms with Crippen molar-refractivity contribution in [1.29, 1.82) is 0 Å². The Morgan fingerprint density at radius 2 is 1.83 bits per heavy atom. The summed E-state index contributed by atoms with van der Waals surface area (Å²) in [5, 5.41) is 5.14. The zero-order chi connectivity index (χ0) is 16.8. The van der Waals surface area contributed by atoms with Crippen molar-refractivity contribution in [3.05, 3.63) is 82.0 Å². The van der Waals surface area contributed by atoms with Gasteiger partial charge in [-0.1, -0.05) is 43.3 Å². The fraction of sp³-hybridized carbons (Fsp3) is 0.150. The van der Waals surface area contributed by atoms with E-state index in [1.807, 2.05) is 48.5 Å². The molecule has 2 nitrogen and oxygen atoms in total. The van der Waals surface area contributed by atoms with Crippen LogP contribution in [0.3, 0.4) is 0 Å². The Morgan fingerprint density at radius 3 is 2.62 bits per heavy atom. The molecule has 1 aromatic heterocycles. The van der Waals surface area contributed by atoms with Crippen LogP contribution in [0.25, 0.3) is 0 Å². The minimum atomic E-state index is -0.0508. The number of aryl methyl sites for hydroxylation is 1. The molecular weight excluding hydrogens is 334 g/mol. The second kappa shape index (κ2) is 8.18. The summed E-state index contributed by atoms with van der Waals surface area (Å²) >= 11 is 3.45. The SMILES string of the molecule is CCc1ccccc1NC(=O)c1ccccc1SCc1cccs1. The molecule has 0 aliphatic carbocycles. The molecule has 0 saturated carbocycles. The fourth-order valence-corrected chi connectivity index (χ4v) is 4.29. The molecule has 0 atom stereocenters. The lowest BCUT2D eigenvalue weighted by molar-refractivity contribution is 0.102. The van der Waals surface area contributed by atoms with Crippen LogP contribution < -0.4 is 5.32 Å². The number of thioether (sulfide) groups is 1. The average Bonchev–Trinajstić information content (AvgIpc) is 3.14. The van der Waals surface area contributed by atoms with Crippen LogP contribution in [0.2, 0.25) is 0 Å². The minimum Gasteiger partial charge on any atom is -0.322 e. The van der Waals surface area contributed by atoms with Gasteiger partial charge in [-0.2, -0.15) is 0 Å². The Kier molecular flexibility index (Phi) is 5.72. The Morgan fingerprint density at radius 1 is 1.04 bits per heavy atom. The number of nitrogens with one attached hydrogen (secondary N) is 1. The van der Waals surface area contributed by atoms with Crippen LogP contribution in [0, 0.1) is 0 Å². The maximum Gasteiger partial charge on any atom is 0.256 e. The second-order valence-corrected chi connectivity index (χ2v) is 7.38. The highest BCUT2D eigenvalue weighted by Crippen LogP contribution is 2.28. The third-order valence-electron chi connectivity index (χ3n) is 3.73. The lowest BCUT2D eigenvalue weighted by Gasteiger charge is -2.12. The van der Waals surface area contributed by atoms with E-state index < -0.39 is 0 Å². The van der Waals surface area contributed by atoms with Crippen LogP contribution in [-0.4, -0.2) is 5.91 Å². The van der Waals surface area contributed by atoms with Gasteiger partial charge in [0.05, 0.1) is 5.56 Å². The van der Waals surface area contributed by atoms with E-state index in [4.69, 9.17) is 0 Å². The maximum absolute atomic E-state index is 12.7. The number of hydrogen-bond donors (Lipinski definition) is 1. The summed E-state index contributed by atoms with van der Waals surface area (Å²) in [6, 6.07) is 19.9. The normalized spacial score (nSPS) is 10.5. The molecule has 1 amide bonds. The van der Waals surface area contributed by atoms with E-state index >= 15 is 0 Å². The Labute approximate surface area is 150 Å². The van der Waals surface area contributed by atoms with Gasteiger partial charge in [-0.05, 0) is 41.6 Å². The topological polar surface area (TPSA) is 29.1 Å². The van der Waals surface area contributed by atoms with Crippen LogP contribution in [0.1, 0.15) is 27.7 Å². The third-order valence-corrected chi connectivity index (χ3v) is 5.91. The largest absolute Gasteiger partial charge is 0.322 e. The van der Waals surface area contributed by atoms with Crippen LogP contribution in [-0.2, 0) is 12.2 Å². The number of carbonyl (C=O) groups excluding carboxylic acids is 1. The Bertz CT molecular complexity index is 812. The highest BCUT2D eigenvalue weighted by atomic mass is 32.2. The van der Waals surface area contributed by atoms with Crippen LogP contribution >= 0.6 is 23.1 Å². The molecule has 4 heteroatoms. The first-order valence-electron chi connectivity index (χ1n) is 7.91. The van der Waals surface area contributed by atoms with Crippen LogP contribution in [0.5, 0.6) is 0 Å². The van der Waals surface area contributed by atoms with E-state index in [9.17, 15) is 4.79 Å². The van der Waals surface area contributed by atoms with E-state index in [0.29, 0.717) is 0 Å². The molecule has 0 aliphatic heterocycles. The zero-order valence-electron chi connectivity index (χ0n) is 13.5. The molecule has 0 saturated heterocycles. The zero-order valence-corrected chi connectivity index (χ0v) is 15.1. The molecule has 0 spiro atoms. The van der Waals surface area contributed by atoms with Crippen molar-refractivity contribution in [1.82, 2.24) is 0 Å². The highest BCUT2D eigenvalue weighted by molar-refractivity contribution is 7.98. The van der Waals surface area contributed by atoms with Crippen molar-refractivity contribution in [2.75, 3.05) is 5.32 Å². The molecule has 0 fully saturated rings. The summed E-state index contributed by atoms with van der Waals surface area (Å²) in [7, 11) is 0. The molecule has 1 heterocycles. The quantitative estimate of drug-likeness (QED) is 0.563. The molecule has 2 aromatic carbocycles. The predicted octanol–water partition coefficient (Wildman–Crippen LogP) is 5.86. The predicted molar refractivity (Wildman–Crippen MR) is 104 cm³/mol. The maximum atomic E-state index is 12.7. The lowest BCUT2D eigenvalue weighted by Crippen LogP contribution is -2.14. The van der Waals surface area contributed by atoms with Gasteiger partial charge in [0, 0.05) is 21.2 Å². The van der Waals surface area contributed by atoms with Crippen LogP contribution in [0.15, 0.2) is 70.9 Å². The summed E-state index contributed by atoms with van der Waals surface area (Å²) in [4.78, 5) is 15.1. The highest BCUT2D eigenvalue weighted by Gasteiger charge is 2.13. The van der Waals surface area contributed by atoms with Gasteiger partial charge in [-0.3, -0.25) is 4.79 Å². The van der Waals surface area contributed by atoms with Crippen molar-refractivity contribution in [2.45, 2.75) is 24.0 Å². The Balaban J connectivity index is 1.77. The number of carbonyl (C=O) groups is 1. The van der Waals surface area contributed by atoms with Gasteiger partial charge in [-0.15, -0.1) is 23.1 Å². The number of amides is 1. The molecule has 122 valence electrons. The summed E-state index contributed by atoms with van der Waals surface area (Å²) in [5.41, 5.74) is 2.77. The van der Waals surface area contributed by atoms with Crippen molar-refractivity contribution >= 4 is 34.7 Å². The molecule has 0 radical (unpaired) electrons. The number of thiophene rings is 1. The first kappa shape index (κ1) is 16.8. The standard InChI is InChI=1S/C20H19NOS2/c1-2-15-8-3-5-11-18(15)21-20(22)17-10-4-6-12-19(17)24-14-16-9-7-13-23-16/h3-13H,2,14H2,1H3,(H,21,22). The number of anilines is 1. The third kappa shape index (κ3) is 4.08. The molecule has 24 heavy (non-hydrogen) atoms. The number of para-hydroxylation sites is 1. The van der Waals surface area contributed by atoms with Gasteiger partial charge < -0.3 is 5.32 Å². The Hall–Kier alpha value is -2.04. The van der Waals surface area contributed by atoms with Crippen LogP contribution in [0.4, 0.5) is 5.69 Å². The number of rotatable bonds is 6. The first-order valence-corrected chi connectivity index (χ1v) is 9.78. The first-order chi connectivity index (χ1) is 11.8. The van der Waals surface area contributed by atoms with Crippen molar-refractivity contribution in [3.8, 4) is 0 Å². The van der Waals surface area contributed by atoms with Gasteiger partial charge in [0.2, 0.25) is 0 Å². The minimum absolute atomic E-state index is 0.0508. The summed E-state index contributed by atoms with van der Waals surface area (Å²) < 4.78 is 0. The molecule has 0 bridgehead atoms. The van der Waals surface area contributed by atoms with Crippen molar-refractivity contribution in [2.24, 2.45) is 0 Å².